The molecule has 0 amide bonds. The van der Waals surface area contributed by atoms with Crippen molar-refractivity contribution >= 4 is 38.3 Å². The van der Waals surface area contributed by atoms with Crippen LogP contribution in [0.5, 0.6) is 11.5 Å². The molecule has 0 radical (unpaired) electrons. The monoisotopic (exact) mass is 446 g/mol. The number of anilines is 2. The van der Waals surface area contributed by atoms with E-state index in [1.54, 1.807) is 18.2 Å². The number of hydrogen-bond acceptors (Lipinski definition) is 6. The van der Waals surface area contributed by atoms with E-state index < -0.39 is 0 Å². The third kappa shape index (κ3) is 3.88. The average molecular weight is 447 g/mol. The highest BCUT2D eigenvalue weighted by atomic mass is 79.9. The number of rotatable bonds is 5. The smallest absolute Gasteiger partial charge is 0.163 e. The van der Waals surface area contributed by atoms with Crippen LogP contribution < -0.4 is 14.8 Å². The van der Waals surface area contributed by atoms with Crippen molar-refractivity contribution in [3.8, 4) is 11.5 Å². The van der Waals surface area contributed by atoms with E-state index in [0.29, 0.717) is 39.6 Å². The lowest BCUT2D eigenvalue weighted by atomic mass is 10.1. The molecule has 2 heterocycles. The molecule has 1 aliphatic heterocycles. The van der Waals surface area contributed by atoms with Crippen LogP contribution in [-0.4, -0.2) is 48.2 Å². The van der Waals surface area contributed by atoms with Crippen molar-refractivity contribution in [2.75, 3.05) is 32.6 Å². The second-order valence-electron chi connectivity index (χ2n) is 6.91. The highest BCUT2D eigenvalue weighted by Gasteiger charge is 2.23. The molecule has 6 nitrogen and oxygen atoms in total. The normalized spacial score (nSPS) is 15.8. The van der Waals surface area contributed by atoms with Gasteiger partial charge < -0.3 is 19.7 Å². The maximum atomic E-state index is 14.3. The Morgan fingerprint density at radius 1 is 1.25 bits per heavy atom. The zero-order chi connectivity index (χ0) is 19.7. The van der Waals surface area contributed by atoms with Crippen molar-refractivity contribution in [1.29, 1.82) is 0 Å². The second-order valence-corrected chi connectivity index (χ2v) is 7.76. The molecule has 1 aliphatic rings. The summed E-state index contributed by atoms with van der Waals surface area (Å²) in [5.41, 5.74) is 1.02. The van der Waals surface area contributed by atoms with E-state index in [0.717, 1.165) is 18.4 Å². The Morgan fingerprint density at radius 3 is 2.93 bits per heavy atom. The maximum absolute atomic E-state index is 14.3. The molecule has 1 N–H and O–H groups in total. The van der Waals surface area contributed by atoms with E-state index in [1.807, 2.05) is 26.2 Å². The third-order valence-electron chi connectivity index (χ3n) is 4.52. The van der Waals surface area contributed by atoms with Crippen molar-refractivity contribution in [1.82, 2.24) is 14.9 Å². The number of fused-ring (bicyclic) bond motifs is 2. The van der Waals surface area contributed by atoms with Crippen LogP contribution in [0.4, 0.5) is 15.9 Å². The van der Waals surface area contributed by atoms with Gasteiger partial charge in [-0.1, -0.05) is 6.07 Å². The molecule has 8 heteroatoms. The van der Waals surface area contributed by atoms with E-state index in [2.05, 4.69) is 36.1 Å². The van der Waals surface area contributed by atoms with Gasteiger partial charge in [-0.3, -0.25) is 0 Å². The summed E-state index contributed by atoms with van der Waals surface area (Å²) in [6, 6.07) is 8.74. The zero-order valence-electron chi connectivity index (χ0n) is 15.6. The van der Waals surface area contributed by atoms with Gasteiger partial charge in [0.25, 0.3) is 0 Å². The SMILES string of the molecule is CN(C)CCC1COc2cc3c(Nc4cccc(Br)c4F)ncnc3cc2O1. The first-order valence-electron chi connectivity index (χ1n) is 8.95. The summed E-state index contributed by atoms with van der Waals surface area (Å²) in [7, 11) is 4.06. The number of nitrogens with one attached hydrogen (secondary N) is 1. The lowest BCUT2D eigenvalue weighted by Gasteiger charge is -2.27. The fraction of sp³-hybridized carbons (Fsp3) is 0.300. The molecule has 3 aromatic rings. The summed E-state index contributed by atoms with van der Waals surface area (Å²) >= 11 is 3.20. The van der Waals surface area contributed by atoms with Gasteiger partial charge in [-0.25, -0.2) is 14.4 Å². The molecule has 28 heavy (non-hydrogen) atoms. The zero-order valence-corrected chi connectivity index (χ0v) is 17.2. The van der Waals surface area contributed by atoms with Crippen LogP contribution >= 0.6 is 15.9 Å². The Hall–Kier alpha value is -2.45. The highest BCUT2D eigenvalue weighted by Crippen LogP contribution is 2.38. The van der Waals surface area contributed by atoms with E-state index >= 15 is 0 Å². The van der Waals surface area contributed by atoms with Gasteiger partial charge >= 0.3 is 0 Å². The number of benzene rings is 2. The summed E-state index contributed by atoms with van der Waals surface area (Å²) in [6.07, 6.45) is 2.33. The van der Waals surface area contributed by atoms with Crippen molar-refractivity contribution in [3.63, 3.8) is 0 Å². The Bertz CT molecular complexity index is 1010. The fourth-order valence-electron chi connectivity index (χ4n) is 3.04. The highest BCUT2D eigenvalue weighted by molar-refractivity contribution is 9.10. The second kappa shape index (κ2) is 7.89. The Kier molecular flexibility index (Phi) is 5.32. The largest absolute Gasteiger partial charge is 0.486 e. The molecule has 0 saturated carbocycles. The summed E-state index contributed by atoms with van der Waals surface area (Å²) in [4.78, 5) is 10.7. The fourth-order valence-corrected chi connectivity index (χ4v) is 3.40. The van der Waals surface area contributed by atoms with Crippen LogP contribution in [0.1, 0.15) is 6.42 Å². The Labute approximate surface area is 170 Å². The Balaban J connectivity index is 1.64. The van der Waals surface area contributed by atoms with Gasteiger partial charge in [-0.15, -0.1) is 0 Å². The molecule has 0 bridgehead atoms. The molecule has 1 aromatic heterocycles. The molecule has 0 fully saturated rings. The summed E-state index contributed by atoms with van der Waals surface area (Å²) in [5.74, 6) is 1.43. The number of ether oxygens (including phenoxy) is 2. The summed E-state index contributed by atoms with van der Waals surface area (Å²) in [5, 5.41) is 3.78. The van der Waals surface area contributed by atoms with Gasteiger partial charge in [0.2, 0.25) is 0 Å². The minimum Gasteiger partial charge on any atom is -0.486 e. The molecular weight excluding hydrogens is 427 g/mol. The van der Waals surface area contributed by atoms with Gasteiger partial charge in [0, 0.05) is 24.4 Å². The molecule has 4 rings (SSSR count). The van der Waals surface area contributed by atoms with Gasteiger partial charge in [0.05, 0.1) is 15.7 Å². The summed E-state index contributed by atoms with van der Waals surface area (Å²) < 4.78 is 26.7. The van der Waals surface area contributed by atoms with Crippen molar-refractivity contribution < 1.29 is 13.9 Å². The molecule has 2 aromatic carbocycles. The van der Waals surface area contributed by atoms with Gasteiger partial charge in [0.1, 0.15) is 24.9 Å². The number of nitrogens with zero attached hydrogens (tertiary/aromatic N) is 3. The topological polar surface area (TPSA) is 59.5 Å². The molecule has 0 aliphatic carbocycles. The number of aromatic nitrogens is 2. The first kappa shape index (κ1) is 18.9. The Morgan fingerprint density at radius 2 is 2.11 bits per heavy atom. The predicted molar refractivity (Wildman–Crippen MR) is 110 cm³/mol. The van der Waals surface area contributed by atoms with Crippen LogP contribution in [0.15, 0.2) is 41.1 Å². The number of halogens is 2. The minimum absolute atomic E-state index is 0.00236. The first-order chi connectivity index (χ1) is 13.5. The maximum Gasteiger partial charge on any atom is 0.163 e. The van der Waals surface area contributed by atoms with E-state index in [4.69, 9.17) is 9.47 Å². The molecule has 1 unspecified atom stereocenters. The molecule has 1 atom stereocenters. The first-order valence-corrected chi connectivity index (χ1v) is 9.74. The average Bonchev–Trinajstić information content (AvgIpc) is 2.68. The van der Waals surface area contributed by atoms with E-state index in [-0.39, 0.29) is 11.9 Å². The molecule has 0 saturated heterocycles. The van der Waals surface area contributed by atoms with Crippen molar-refractivity contribution in [2.24, 2.45) is 0 Å². The minimum atomic E-state index is -0.379. The van der Waals surface area contributed by atoms with Gasteiger partial charge in [-0.05, 0) is 48.2 Å². The van der Waals surface area contributed by atoms with Gasteiger partial charge in [-0.2, -0.15) is 0 Å². The molecular formula is C20H20BrFN4O2. The van der Waals surface area contributed by atoms with Gasteiger partial charge in [0.15, 0.2) is 17.3 Å². The predicted octanol–water partition coefficient (Wildman–Crippen LogP) is 4.37. The van der Waals surface area contributed by atoms with Crippen molar-refractivity contribution in [2.45, 2.75) is 12.5 Å². The standard InChI is InChI=1S/C20H20BrFN4O2/c1-26(2)7-6-12-10-27-17-8-13-16(9-18(17)28-12)23-11-24-20(13)25-15-5-3-4-14(21)19(15)22/h3-5,8-9,11-12H,6-7,10H2,1-2H3,(H,23,24,25). The lowest BCUT2D eigenvalue weighted by Crippen LogP contribution is -2.32. The van der Waals surface area contributed by atoms with Crippen LogP contribution in [0.25, 0.3) is 10.9 Å². The van der Waals surface area contributed by atoms with E-state index in [9.17, 15) is 4.39 Å². The quantitative estimate of drug-likeness (QED) is 0.627. The third-order valence-corrected chi connectivity index (χ3v) is 5.13. The molecule has 146 valence electrons. The summed E-state index contributed by atoms with van der Waals surface area (Å²) in [6.45, 7) is 1.41. The van der Waals surface area contributed by atoms with Crippen LogP contribution in [0.2, 0.25) is 0 Å². The number of hydrogen-bond donors (Lipinski definition) is 1. The van der Waals surface area contributed by atoms with Crippen LogP contribution in [0.3, 0.4) is 0 Å². The van der Waals surface area contributed by atoms with E-state index in [1.165, 1.54) is 6.33 Å². The lowest BCUT2D eigenvalue weighted by molar-refractivity contribution is 0.0796. The van der Waals surface area contributed by atoms with Crippen molar-refractivity contribution in [3.05, 3.63) is 46.9 Å². The van der Waals surface area contributed by atoms with Crippen LogP contribution in [-0.2, 0) is 0 Å². The molecule has 0 spiro atoms. The van der Waals surface area contributed by atoms with Crippen LogP contribution in [0, 0.1) is 5.82 Å².